The molecule has 0 atom stereocenters. The van der Waals surface area contributed by atoms with Gasteiger partial charge in [0.1, 0.15) is 6.07 Å². The van der Waals surface area contributed by atoms with E-state index in [0.717, 1.165) is 10.6 Å². The standard InChI is InChI=1S/C14H12N2S/c15-9-12-7-4-8-13(14(12)16)17-10-11-5-2-1-3-6-11/h1-8H,10,16H2. The van der Waals surface area contributed by atoms with Crippen LogP contribution in [0.15, 0.2) is 53.4 Å². The molecule has 84 valence electrons. The largest absolute Gasteiger partial charge is 0.397 e. The summed E-state index contributed by atoms with van der Waals surface area (Å²) < 4.78 is 0. The summed E-state index contributed by atoms with van der Waals surface area (Å²) in [7, 11) is 0. The molecule has 0 amide bonds. The summed E-state index contributed by atoms with van der Waals surface area (Å²) in [6, 6.07) is 17.8. The van der Waals surface area contributed by atoms with Crippen molar-refractivity contribution in [2.75, 3.05) is 5.73 Å². The molecule has 0 bridgehead atoms. The zero-order chi connectivity index (χ0) is 12.1. The van der Waals surface area contributed by atoms with Crippen LogP contribution in [0.25, 0.3) is 0 Å². The average Bonchev–Trinajstić information content (AvgIpc) is 2.39. The first-order chi connectivity index (χ1) is 8.31. The number of hydrogen-bond acceptors (Lipinski definition) is 3. The van der Waals surface area contributed by atoms with Crippen LogP contribution < -0.4 is 5.73 Å². The van der Waals surface area contributed by atoms with Crippen LogP contribution in [0.5, 0.6) is 0 Å². The van der Waals surface area contributed by atoms with Crippen molar-refractivity contribution in [1.29, 1.82) is 5.26 Å². The van der Waals surface area contributed by atoms with Crippen molar-refractivity contribution in [3.05, 3.63) is 59.7 Å². The topological polar surface area (TPSA) is 49.8 Å². The van der Waals surface area contributed by atoms with Gasteiger partial charge in [0.05, 0.1) is 11.3 Å². The molecule has 0 heterocycles. The second-order valence-corrected chi connectivity index (χ2v) is 4.62. The lowest BCUT2D eigenvalue weighted by Gasteiger charge is -2.06. The third-order valence-electron chi connectivity index (χ3n) is 2.42. The fourth-order valence-electron chi connectivity index (χ4n) is 1.50. The van der Waals surface area contributed by atoms with Crippen LogP contribution in [0.2, 0.25) is 0 Å². The first-order valence-electron chi connectivity index (χ1n) is 5.26. The molecule has 0 aromatic heterocycles. The van der Waals surface area contributed by atoms with Crippen LogP contribution in [0.1, 0.15) is 11.1 Å². The second kappa shape index (κ2) is 5.42. The summed E-state index contributed by atoms with van der Waals surface area (Å²) in [5.74, 6) is 0.861. The molecule has 0 radical (unpaired) electrons. The summed E-state index contributed by atoms with van der Waals surface area (Å²) in [5, 5.41) is 8.89. The Morgan fingerprint density at radius 1 is 1.06 bits per heavy atom. The van der Waals surface area contributed by atoms with Crippen LogP contribution in [0, 0.1) is 11.3 Å². The van der Waals surface area contributed by atoms with Gasteiger partial charge in [0.15, 0.2) is 0 Å². The van der Waals surface area contributed by atoms with Crippen LogP contribution in [0.4, 0.5) is 5.69 Å². The number of thioether (sulfide) groups is 1. The molecule has 0 saturated heterocycles. The van der Waals surface area contributed by atoms with Crippen molar-refractivity contribution in [2.45, 2.75) is 10.6 Å². The number of benzene rings is 2. The maximum absolute atomic E-state index is 8.89. The molecule has 17 heavy (non-hydrogen) atoms. The van der Waals surface area contributed by atoms with E-state index in [-0.39, 0.29) is 0 Å². The molecule has 2 aromatic rings. The summed E-state index contributed by atoms with van der Waals surface area (Å²) >= 11 is 1.65. The fourth-order valence-corrected chi connectivity index (χ4v) is 2.46. The highest BCUT2D eigenvalue weighted by molar-refractivity contribution is 7.98. The zero-order valence-electron chi connectivity index (χ0n) is 9.26. The summed E-state index contributed by atoms with van der Waals surface area (Å²) in [5.41, 5.74) is 8.29. The molecule has 0 spiro atoms. The lowest BCUT2D eigenvalue weighted by Crippen LogP contribution is -1.93. The molecule has 2 nitrogen and oxygen atoms in total. The number of nitrogen functional groups attached to an aromatic ring is 1. The Hall–Kier alpha value is -1.92. The van der Waals surface area contributed by atoms with E-state index in [9.17, 15) is 0 Å². The Kier molecular flexibility index (Phi) is 3.69. The molecule has 0 fully saturated rings. The van der Waals surface area contributed by atoms with Gasteiger partial charge in [-0.3, -0.25) is 0 Å². The first kappa shape index (κ1) is 11.6. The van der Waals surface area contributed by atoms with Crippen molar-refractivity contribution >= 4 is 17.4 Å². The van der Waals surface area contributed by atoms with Crippen molar-refractivity contribution in [3.63, 3.8) is 0 Å². The van der Waals surface area contributed by atoms with Gasteiger partial charge >= 0.3 is 0 Å². The van der Waals surface area contributed by atoms with Crippen molar-refractivity contribution < 1.29 is 0 Å². The van der Waals surface area contributed by atoms with Gasteiger partial charge in [0, 0.05) is 10.6 Å². The maximum atomic E-state index is 8.89. The van der Waals surface area contributed by atoms with E-state index in [1.165, 1.54) is 5.56 Å². The van der Waals surface area contributed by atoms with E-state index < -0.39 is 0 Å². The highest BCUT2D eigenvalue weighted by atomic mass is 32.2. The third-order valence-corrected chi connectivity index (χ3v) is 3.57. The predicted octanol–water partition coefficient (Wildman–Crippen LogP) is 3.43. The summed E-state index contributed by atoms with van der Waals surface area (Å²) in [6.45, 7) is 0. The number of hydrogen-bond donors (Lipinski definition) is 1. The molecule has 0 saturated carbocycles. The number of para-hydroxylation sites is 1. The first-order valence-corrected chi connectivity index (χ1v) is 6.25. The van der Waals surface area contributed by atoms with Gasteiger partial charge in [-0.05, 0) is 17.7 Å². The van der Waals surface area contributed by atoms with E-state index in [1.807, 2.05) is 30.3 Å². The van der Waals surface area contributed by atoms with Crippen molar-refractivity contribution in [1.82, 2.24) is 0 Å². The molecule has 0 aliphatic heterocycles. The van der Waals surface area contributed by atoms with E-state index in [2.05, 4.69) is 18.2 Å². The van der Waals surface area contributed by atoms with Crippen LogP contribution in [-0.2, 0) is 5.75 Å². The molecule has 0 aliphatic rings. The lowest BCUT2D eigenvalue weighted by atomic mass is 10.2. The Balaban J connectivity index is 2.13. The molecule has 0 unspecified atom stereocenters. The van der Waals surface area contributed by atoms with E-state index in [1.54, 1.807) is 17.8 Å². The number of nitrogens with zero attached hydrogens (tertiary/aromatic N) is 1. The van der Waals surface area contributed by atoms with Gasteiger partial charge in [0.2, 0.25) is 0 Å². The number of rotatable bonds is 3. The Morgan fingerprint density at radius 2 is 1.82 bits per heavy atom. The zero-order valence-corrected chi connectivity index (χ0v) is 10.1. The molecule has 2 rings (SSSR count). The van der Waals surface area contributed by atoms with Crippen molar-refractivity contribution in [2.24, 2.45) is 0 Å². The predicted molar refractivity (Wildman–Crippen MR) is 71.6 cm³/mol. The van der Waals surface area contributed by atoms with Gasteiger partial charge < -0.3 is 5.73 Å². The van der Waals surface area contributed by atoms with Gasteiger partial charge in [-0.15, -0.1) is 11.8 Å². The van der Waals surface area contributed by atoms with E-state index in [0.29, 0.717) is 11.3 Å². The van der Waals surface area contributed by atoms with Crippen molar-refractivity contribution in [3.8, 4) is 6.07 Å². The van der Waals surface area contributed by atoms with Gasteiger partial charge in [-0.1, -0.05) is 36.4 Å². The molecule has 2 aromatic carbocycles. The minimum Gasteiger partial charge on any atom is -0.397 e. The lowest BCUT2D eigenvalue weighted by molar-refractivity contribution is 1.37. The Morgan fingerprint density at radius 3 is 2.53 bits per heavy atom. The van der Waals surface area contributed by atoms with Crippen LogP contribution in [0.3, 0.4) is 0 Å². The minimum atomic E-state index is 0.545. The number of anilines is 1. The minimum absolute atomic E-state index is 0.545. The summed E-state index contributed by atoms with van der Waals surface area (Å²) in [6.07, 6.45) is 0. The molecule has 2 N–H and O–H groups in total. The fraction of sp³-hybridized carbons (Fsp3) is 0.0714. The molecular weight excluding hydrogens is 228 g/mol. The van der Waals surface area contributed by atoms with Gasteiger partial charge in [0.25, 0.3) is 0 Å². The van der Waals surface area contributed by atoms with Crippen LogP contribution in [-0.4, -0.2) is 0 Å². The third kappa shape index (κ3) is 2.80. The van der Waals surface area contributed by atoms with Gasteiger partial charge in [-0.2, -0.15) is 5.26 Å². The highest BCUT2D eigenvalue weighted by Gasteiger charge is 2.04. The Bertz CT molecular complexity index is 544. The number of nitriles is 1. The van der Waals surface area contributed by atoms with Gasteiger partial charge in [-0.25, -0.2) is 0 Å². The normalized spacial score (nSPS) is 9.82. The summed E-state index contributed by atoms with van der Waals surface area (Å²) in [4.78, 5) is 0.966. The Labute approximate surface area is 105 Å². The average molecular weight is 240 g/mol. The number of nitrogens with two attached hydrogens (primary N) is 1. The monoisotopic (exact) mass is 240 g/mol. The maximum Gasteiger partial charge on any atom is 0.101 e. The highest BCUT2D eigenvalue weighted by Crippen LogP contribution is 2.29. The van der Waals surface area contributed by atoms with E-state index >= 15 is 0 Å². The SMILES string of the molecule is N#Cc1cccc(SCc2ccccc2)c1N. The van der Waals surface area contributed by atoms with Crippen LogP contribution >= 0.6 is 11.8 Å². The quantitative estimate of drug-likeness (QED) is 0.660. The van der Waals surface area contributed by atoms with E-state index in [4.69, 9.17) is 11.0 Å². The smallest absolute Gasteiger partial charge is 0.101 e. The molecule has 3 heteroatoms. The molecular formula is C14H12N2S. The molecule has 0 aliphatic carbocycles. The second-order valence-electron chi connectivity index (χ2n) is 3.60.